The van der Waals surface area contributed by atoms with Crippen molar-refractivity contribution in [2.24, 2.45) is 28.6 Å². The van der Waals surface area contributed by atoms with Gasteiger partial charge in [-0.2, -0.15) is 0 Å². The summed E-state index contributed by atoms with van der Waals surface area (Å²) in [5, 5.41) is 9.47. The fraction of sp³-hybridized carbons (Fsp3) is 1.00. The molecule has 1 nitrogen and oxygen atoms in total. The molecule has 0 saturated heterocycles. The summed E-state index contributed by atoms with van der Waals surface area (Å²) in [6.07, 6.45) is 9.32. The second-order valence-corrected chi connectivity index (χ2v) is 7.76. The van der Waals surface area contributed by atoms with Crippen molar-refractivity contribution in [3.8, 4) is 0 Å². The Hall–Kier alpha value is -0.0400. The van der Waals surface area contributed by atoms with Gasteiger partial charge in [-0.1, -0.05) is 40.5 Å². The lowest BCUT2D eigenvalue weighted by atomic mass is 9.46. The second-order valence-electron chi connectivity index (χ2n) is 7.76. The van der Waals surface area contributed by atoms with E-state index < -0.39 is 0 Å². The molecule has 0 aromatic carbocycles. The predicted octanol–water partition coefficient (Wildman–Crippen LogP) is 4.64. The first-order chi connectivity index (χ1) is 8.45. The van der Waals surface area contributed by atoms with Crippen LogP contribution in [0.2, 0.25) is 0 Å². The van der Waals surface area contributed by atoms with Gasteiger partial charge in [0.15, 0.2) is 0 Å². The van der Waals surface area contributed by atoms with E-state index >= 15 is 0 Å². The molecule has 0 radical (unpaired) electrons. The second kappa shape index (κ2) is 5.15. The molecule has 0 aromatic heterocycles. The van der Waals surface area contributed by atoms with Crippen LogP contribution in [0.3, 0.4) is 0 Å². The lowest BCUT2D eigenvalue weighted by Gasteiger charge is -2.59. The van der Waals surface area contributed by atoms with Crippen LogP contribution in [0.1, 0.15) is 72.6 Å². The van der Waals surface area contributed by atoms with Crippen molar-refractivity contribution < 1.29 is 5.11 Å². The van der Waals surface area contributed by atoms with Crippen LogP contribution < -0.4 is 0 Å². The molecular weight excluding hydrogens is 220 g/mol. The lowest BCUT2D eigenvalue weighted by Crippen LogP contribution is -2.51. The van der Waals surface area contributed by atoms with Crippen molar-refractivity contribution in [1.29, 1.82) is 0 Å². The number of fused-ring (bicyclic) bond motifs is 1. The number of hydrogen-bond donors (Lipinski definition) is 1. The van der Waals surface area contributed by atoms with Gasteiger partial charge in [-0.05, 0) is 60.7 Å². The fourth-order valence-corrected chi connectivity index (χ4v) is 5.64. The van der Waals surface area contributed by atoms with Gasteiger partial charge >= 0.3 is 0 Å². The van der Waals surface area contributed by atoms with Gasteiger partial charge in [0, 0.05) is 6.61 Å². The molecule has 0 aliphatic heterocycles. The maximum Gasteiger partial charge on any atom is 0.0433 e. The van der Waals surface area contributed by atoms with Crippen LogP contribution >= 0.6 is 0 Å². The fourth-order valence-electron chi connectivity index (χ4n) is 5.64. The van der Waals surface area contributed by atoms with Crippen LogP contribution in [-0.2, 0) is 0 Å². The standard InChI is InChI=1S/C17H32O/c1-5-13-7-8-15-16(2,3)10-6-11-17(15,4)14(13)9-12-18/h13-15,18H,5-12H2,1-4H3/t13?,14-,15?,17?/m0/s1. The summed E-state index contributed by atoms with van der Waals surface area (Å²) in [4.78, 5) is 0. The van der Waals surface area contributed by atoms with E-state index in [0.29, 0.717) is 17.4 Å². The Kier molecular flexibility index (Phi) is 4.11. The average Bonchev–Trinajstić information content (AvgIpc) is 2.30. The van der Waals surface area contributed by atoms with E-state index in [-0.39, 0.29) is 0 Å². The molecular formula is C17H32O. The van der Waals surface area contributed by atoms with Gasteiger partial charge in [0.1, 0.15) is 0 Å². The molecule has 0 aromatic rings. The van der Waals surface area contributed by atoms with Crippen molar-refractivity contribution in [2.45, 2.75) is 72.6 Å². The Morgan fingerprint density at radius 2 is 1.83 bits per heavy atom. The highest BCUT2D eigenvalue weighted by Gasteiger charge is 2.53. The minimum absolute atomic E-state index is 0.379. The topological polar surface area (TPSA) is 20.2 Å². The maximum atomic E-state index is 9.47. The van der Waals surface area contributed by atoms with Crippen molar-refractivity contribution in [3.05, 3.63) is 0 Å². The molecule has 3 unspecified atom stereocenters. The highest BCUT2D eigenvalue weighted by Crippen LogP contribution is 2.62. The van der Waals surface area contributed by atoms with Gasteiger partial charge in [0.05, 0.1) is 0 Å². The van der Waals surface area contributed by atoms with E-state index in [1.165, 1.54) is 38.5 Å². The molecule has 0 amide bonds. The van der Waals surface area contributed by atoms with E-state index in [1.807, 2.05) is 0 Å². The maximum absolute atomic E-state index is 9.47. The van der Waals surface area contributed by atoms with Crippen LogP contribution in [0.4, 0.5) is 0 Å². The SMILES string of the molecule is CCC1CCC2C(C)(C)CCCC2(C)[C@H]1CCO. The molecule has 0 bridgehead atoms. The third kappa shape index (κ3) is 2.24. The molecule has 2 fully saturated rings. The molecule has 18 heavy (non-hydrogen) atoms. The monoisotopic (exact) mass is 252 g/mol. The van der Waals surface area contributed by atoms with Crippen LogP contribution in [0.25, 0.3) is 0 Å². The molecule has 1 N–H and O–H groups in total. The Morgan fingerprint density at radius 1 is 1.11 bits per heavy atom. The highest BCUT2D eigenvalue weighted by molar-refractivity contribution is 5.03. The van der Waals surface area contributed by atoms with Crippen LogP contribution in [-0.4, -0.2) is 11.7 Å². The van der Waals surface area contributed by atoms with Crippen molar-refractivity contribution in [1.82, 2.24) is 0 Å². The molecule has 4 atom stereocenters. The van der Waals surface area contributed by atoms with Gasteiger partial charge in [-0.3, -0.25) is 0 Å². The summed E-state index contributed by atoms with van der Waals surface area (Å²) >= 11 is 0. The molecule has 2 aliphatic rings. The Morgan fingerprint density at radius 3 is 2.44 bits per heavy atom. The summed E-state index contributed by atoms with van der Waals surface area (Å²) in [6.45, 7) is 10.2. The first-order valence-corrected chi connectivity index (χ1v) is 8.06. The summed E-state index contributed by atoms with van der Waals surface area (Å²) in [7, 11) is 0. The molecule has 2 aliphatic carbocycles. The Balaban J connectivity index is 2.28. The molecule has 2 rings (SSSR count). The third-order valence-electron chi connectivity index (χ3n) is 6.48. The summed E-state index contributed by atoms with van der Waals surface area (Å²) < 4.78 is 0. The van der Waals surface area contributed by atoms with E-state index in [4.69, 9.17) is 0 Å². The highest BCUT2D eigenvalue weighted by atomic mass is 16.3. The zero-order valence-corrected chi connectivity index (χ0v) is 12.8. The zero-order valence-electron chi connectivity index (χ0n) is 12.8. The van der Waals surface area contributed by atoms with Crippen molar-refractivity contribution in [3.63, 3.8) is 0 Å². The average molecular weight is 252 g/mol. The smallest absolute Gasteiger partial charge is 0.0433 e. The van der Waals surface area contributed by atoms with Gasteiger partial charge in [0.2, 0.25) is 0 Å². The van der Waals surface area contributed by atoms with Gasteiger partial charge in [0.25, 0.3) is 0 Å². The number of hydrogen-bond acceptors (Lipinski definition) is 1. The first-order valence-electron chi connectivity index (χ1n) is 8.06. The zero-order chi connectivity index (χ0) is 13.4. The Bertz CT molecular complexity index is 283. The largest absolute Gasteiger partial charge is 0.396 e. The van der Waals surface area contributed by atoms with Crippen LogP contribution in [0.15, 0.2) is 0 Å². The summed E-state index contributed by atoms with van der Waals surface area (Å²) in [5.74, 6) is 2.48. The van der Waals surface area contributed by atoms with Crippen molar-refractivity contribution in [2.75, 3.05) is 6.61 Å². The Labute approximate surface area is 113 Å². The minimum Gasteiger partial charge on any atom is -0.396 e. The van der Waals surface area contributed by atoms with Gasteiger partial charge in [-0.15, -0.1) is 0 Å². The van der Waals surface area contributed by atoms with E-state index in [0.717, 1.165) is 24.2 Å². The van der Waals surface area contributed by atoms with E-state index in [1.54, 1.807) is 0 Å². The van der Waals surface area contributed by atoms with E-state index in [2.05, 4.69) is 27.7 Å². The first kappa shape index (κ1) is 14.4. The molecule has 2 saturated carbocycles. The van der Waals surface area contributed by atoms with Gasteiger partial charge in [-0.25, -0.2) is 0 Å². The molecule has 106 valence electrons. The van der Waals surface area contributed by atoms with E-state index in [9.17, 15) is 5.11 Å². The van der Waals surface area contributed by atoms with Crippen LogP contribution in [0.5, 0.6) is 0 Å². The van der Waals surface area contributed by atoms with Crippen molar-refractivity contribution >= 4 is 0 Å². The predicted molar refractivity (Wildman–Crippen MR) is 77.4 cm³/mol. The van der Waals surface area contributed by atoms with Crippen LogP contribution in [0, 0.1) is 28.6 Å². The minimum atomic E-state index is 0.379. The molecule has 1 heteroatoms. The summed E-state index contributed by atoms with van der Waals surface area (Å²) in [6, 6.07) is 0. The number of aliphatic hydroxyl groups is 1. The molecule has 0 spiro atoms. The number of aliphatic hydroxyl groups excluding tert-OH is 1. The lowest BCUT2D eigenvalue weighted by molar-refractivity contribution is -0.103. The molecule has 0 heterocycles. The quantitative estimate of drug-likeness (QED) is 0.776. The number of rotatable bonds is 3. The third-order valence-corrected chi connectivity index (χ3v) is 6.48. The van der Waals surface area contributed by atoms with Gasteiger partial charge < -0.3 is 5.11 Å². The normalized spacial score (nSPS) is 43.5. The summed E-state index contributed by atoms with van der Waals surface area (Å²) in [5.41, 5.74) is 1.00.